The molecular formula is C16H19ClN2O3S2. The van der Waals surface area contributed by atoms with Crippen LogP contribution in [-0.4, -0.2) is 32.8 Å². The van der Waals surface area contributed by atoms with Crippen LogP contribution < -0.4 is 4.72 Å². The summed E-state index contributed by atoms with van der Waals surface area (Å²) in [6.45, 7) is 4.20. The number of carbonyl (C=O) groups excluding carboxylic acids is 1. The van der Waals surface area contributed by atoms with E-state index in [1.165, 1.54) is 23.5 Å². The number of halogens is 1. The number of hydrogen-bond acceptors (Lipinski definition) is 4. The van der Waals surface area contributed by atoms with Crippen molar-refractivity contribution in [2.24, 2.45) is 0 Å². The summed E-state index contributed by atoms with van der Waals surface area (Å²) >= 11 is 7.32. The largest absolute Gasteiger partial charge is 0.337 e. The molecule has 0 aliphatic rings. The third kappa shape index (κ3) is 4.36. The van der Waals surface area contributed by atoms with E-state index in [1.54, 1.807) is 37.9 Å². The maximum atomic E-state index is 12.7. The van der Waals surface area contributed by atoms with Gasteiger partial charge in [0.2, 0.25) is 10.0 Å². The quantitative estimate of drug-likeness (QED) is 0.828. The van der Waals surface area contributed by atoms with Crippen LogP contribution in [0.3, 0.4) is 0 Å². The lowest BCUT2D eigenvalue weighted by atomic mass is 10.1. The van der Waals surface area contributed by atoms with Crippen molar-refractivity contribution >= 4 is 38.9 Å². The van der Waals surface area contributed by atoms with Crippen molar-refractivity contribution in [1.82, 2.24) is 9.62 Å². The molecule has 24 heavy (non-hydrogen) atoms. The lowest BCUT2D eigenvalue weighted by Gasteiger charge is -2.18. The van der Waals surface area contributed by atoms with Gasteiger partial charge >= 0.3 is 0 Å². The molecule has 0 aliphatic carbocycles. The van der Waals surface area contributed by atoms with Gasteiger partial charge in [0.1, 0.15) is 0 Å². The molecule has 5 nitrogen and oxygen atoms in total. The van der Waals surface area contributed by atoms with Crippen LogP contribution in [-0.2, 0) is 16.6 Å². The highest BCUT2D eigenvalue weighted by molar-refractivity contribution is 7.89. The van der Waals surface area contributed by atoms with Crippen molar-refractivity contribution in [3.05, 3.63) is 50.7 Å². The molecular weight excluding hydrogens is 368 g/mol. The first-order valence-corrected chi connectivity index (χ1v) is 10.0. The second-order valence-corrected chi connectivity index (χ2v) is 8.91. The molecule has 1 amide bonds. The molecule has 0 saturated heterocycles. The molecule has 1 aromatic carbocycles. The number of amides is 1. The third-order valence-corrected chi connectivity index (χ3v) is 6.21. The van der Waals surface area contributed by atoms with E-state index < -0.39 is 10.0 Å². The fraction of sp³-hybridized carbons (Fsp3) is 0.312. The van der Waals surface area contributed by atoms with Crippen LogP contribution in [0.2, 0.25) is 4.34 Å². The average Bonchev–Trinajstić information content (AvgIpc) is 2.91. The van der Waals surface area contributed by atoms with Gasteiger partial charge in [0.05, 0.1) is 15.8 Å². The summed E-state index contributed by atoms with van der Waals surface area (Å²) in [6, 6.07) is 8.23. The van der Waals surface area contributed by atoms with Crippen LogP contribution in [0.4, 0.5) is 0 Å². The number of benzene rings is 1. The van der Waals surface area contributed by atoms with Crippen molar-refractivity contribution < 1.29 is 13.2 Å². The number of thiophene rings is 1. The fourth-order valence-electron chi connectivity index (χ4n) is 2.22. The monoisotopic (exact) mass is 386 g/mol. The predicted octanol–water partition coefficient (Wildman–Crippen LogP) is 3.28. The number of hydrogen-bond donors (Lipinski definition) is 1. The van der Waals surface area contributed by atoms with Gasteiger partial charge in [0, 0.05) is 24.0 Å². The Labute approximate surface area is 151 Å². The number of nitrogens with zero attached hydrogens (tertiary/aromatic N) is 1. The molecule has 0 spiro atoms. The third-order valence-electron chi connectivity index (χ3n) is 3.45. The number of rotatable bonds is 6. The van der Waals surface area contributed by atoms with Crippen LogP contribution in [0.5, 0.6) is 0 Å². The first-order chi connectivity index (χ1) is 11.2. The molecule has 0 bridgehead atoms. The van der Waals surface area contributed by atoms with Crippen molar-refractivity contribution in [2.45, 2.75) is 25.3 Å². The first kappa shape index (κ1) is 18.9. The normalized spacial score (nSPS) is 11.5. The lowest BCUT2D eigenvalue weighted by Crippen LogP contribution is -2.27. The molecule has 1 heterocycles. The average molecular weight is 387 g/mol. The zero-order chi connectivity index (χ0) is 17.9. The Kier molecular flexibility index (Phi) is 6.03. The summed E-state index contributed by atoms with van der Waals surface area (Å²) in [5.74, 6) is -0.231. The standard InChI is InChI=1S/C16H19ClN2O3S2/c1-4-18-24(21,22)13-7-5-11(2)14(9-13)16(20)19(3)10-12-6-8-15(17)23-12/h5-9,18H,4,10H2,1-3H3. The molecule has 0 aliphatic heterocycles. The van der Waals surface area contributed by atoms with E-state index in [4.69, 9.17) is 11.6 Å². The SMILES string of the molecule is CCNS(=O)(=O)c1ccc(C)c(C(=O)N(C)Cc2ccc(Cl)s2)c1. The Morgan fingerprint density at radius 1 is 1.29 bits per heavy atom. The van der Waals surface area contributed by atoms with E-state index in [-0.39, 0.29) is 10.8 Å². The molecule has 130 valence electrons. The minimum atomic E-state index is -3.60. The van der Waals surface area contributed by atoms with Gasteiger partial charge in [-0.1, -0.05) is 24.6 Å². The minimum absolute atomic E-state index is 0.0888. The van der Waals surface area contributed by atoms with Crippen LogP contribution in [0.25, 0.3) is 0 Å². The van der Waals surface area contributed by atoms with Gasteiger partial charge < -0.3 is 4.90 Å². The van der Waals surface area contributed by atoms with Gasteiger partial charge in [-0.05, 0) is 36.8 Å². The highest BCUT2D eigenvalue weighted by Gasteiger charge is 2.20. The second kappa shape index (κ2) is 7.65. The van der Waals surface area contributed by atoms with Crippen LogP contribution in [0, 0.1) is 6.92 Å². The van der Waals surface area contributed by atoms with Gasteiger partial charge in [0.25, 0.3) is 5.91 Å². The Hall–Kier alpha value is -1.41. The van der Waals surface area contributed by atoms with Crippen molar-refractivity contribution in [2.75, 3.05) is 13.6 Å². The topological polar surface area (TPSA) is 66.5 Å². The fourth-order valence-corrected chi connectivity index (χ4v) is 4.43. The second-order valence-electron chi connectivity index (χ2n) is 5.35. The summed E-state index contributed by atoms with van der Waals surface area (Å²) in [6.07, 6.45) is 0. The first-order valence-electron chi connectivity index (χ1n) is 7.34. The van der Waals surface area contributed by atoms with Gasteiger partial charge in [-0.3, -0.25) is 4.79 Å². The Bertz CT molecular complexity index is 847. The molecule has 0 unspecified atom stereocenters. The summed E-state index contributed by atoms with van der Waals surface area (Å²) in [7, 11) is -1.92. The van der Waals surface area contributed by atoms with E-state index in [9.17, 15) is 13.2 Å². The van der Waals surface area contributed by atoms with Gasteiger partial charge in [-0.2, -0.15) is 0 Å². The minimum Gasteiger partial charge on any atom is -0.337 e. The Morgan fingerprint density at radius 2 is 2.00 bits per heavy atom. The highest BCUT2D eigenvalue weighted by Crippen LogP contribution is 2.23. The summed E-state index contributed by atoms with van der Waals surface area (Å²) in [4.78, 5) is 15.3. The summed E-state index contributed by atoms with van der Waals surface area (Å²) in [5, 5.41) is 0. The van der Waals surface area contributed by atoms with Crippen molar-refractivity contribution in [3.8, 4) is 0 Å². The molecule has 2 aromatic rings. The van der Waals surface area contributed by atoms with E-state index in [0.717, 1.165) is 10.4 Å². The summed E-state index contributed by atoms with van der Waals surface area (Å²) < 4.78 is 27.4. The smallest absolute Gasteiger partial charge is 0.254 e. The summed E-state index contributed by atoms with van der Waals surface area (Å²) in [5.41, 5.74) is 1.10. The number of sulfonamides is 1. The van der Waals surface area contributed by atoms with Crippen molar-refractivity contribution in [1.29, 1.82) is 0 Å². The molecule has 0 saturated carbocycles. The molecule has 0 atom stereocenters. The van der Waals surface area contributed by atoms with Gasteiger partial charge in [-0.25, -0.2) is 13.1 Å². The maximum absolute atomic E-state index is 12.7. The lowest BCUT2D eigenvalue weighted by molar-refractivity contribution is 0.0785. The molecule has 1 N–H and O–H groups in total. The van der Waals surface area contributed by atoms with Crippen LogP contribution >= 0.6 is 22.9 Å². The van der Waals surface area contributed by atoms with Crippen LogP contribution in [0.15, 0.2) is 35.2 Å². The van der Waals surface area contributed by atoms with E-state index in [2.05, 4.69) is 4.72 Å². The Morgan fingerprint density at radius 3 is 2.58 bits per heavy atom. The molecule has 8 heteroatoms. The molecule has 2 rings (SSSR count). The number of nitrogens with one attached hydrogen (secondary N) is 1. The molecule has 0 fully saturated rings. The Balaban J connectivity index is 2.28. The maximum Gasteiger partial charge on any atom is 0.254 e. The number of aryl methyl sites for hydroxylation is 1. The van der Waals surface area contributed by atoms with Gasteiger partial charge in [-0.15, -0.1) is 11.3 Å². The van der Waals surface area contributed by atoms with E-state index >= 15 is 0 Å². The number of carbonyl (C=O) groups is 1. The molecule has 1 aromatic heterocycles. The van der Waals surface area contributed by atoms with E-state index in [1.807, 2.05) is 6.07 Å². The van der Waals surface area contributed by atoms with Crippen LogP contribution in [0.1, 0.15) is 27.7 Å². The van der Waals surface area contributed by atoms with Gasteiger partial charge in [0.15, 0.2) is 0 Å². The highest BCUT2D eigenvalue weighted by atomic mass is 35.5. The molecule has 0 radical (unpaired) electrons. The van der Waals surface area contributed by atoms with Crippen molar-refractivity contribution in [3.63, 3.8) is 0 Å². The van der Waals surface area contributed by atoms with E-state index in [0.29, 0.717) is 23.0 Å². The predicted molar refractivity (Wildman–Crippen MR) is 97.2 cm³/mol. The zero-order valence-corrected chi connectivity index (χ0v) is 16.1. The zero-order valence-electron chi connectivity index (χ0n) is 13.7.